The predicted molar refractivity (Wildman–Crippen MR) is 112 cm³/mol. The molecule has 30 heavy (non-hydrogen) atoms. The van der Waals surface area contributed by atoms with Crippen LogP contribution in [0.25, 0.3) is 10.2 Å². The smallest absolute Gasteiger partial charge is 0.356 e. The van der Waals surface area contributed by atoms with E-state index in [0.29, 0.717) is 32.4 Å². The predicted octanol–water partition coefficient (Wildman–Crippen LogP) is 5.51. The Bertz CT molecular complexity index is 1100. The van der Waals surface area contributed by atoms with E-state index in [2.05, 4.69) is 27.1 Å². The molecule has 1 saturated heterocycles. The molecule has 0 unspecified atom stereocenters. The molecule has 1 N–H and O–H groups in total. The van der Waals surface area contributed by atoms with Gasteiger partial charge in [0.25, 0.3) is 5.91 Å². The SMILES string of the molecule is Cc1sc2ncnc(N3CCC[C@@H](C)C3)c2c1C(=O)Nc1ccccc1C(F)(F)F. The van der Waals surface area contributed by atoms with Crippen LogP contribution in [0.3, 0.4) is 0 Å². The number of carbonyl (C=O) groups is 1. The number of halogens is 3. The number of amides is 1. The Balaban J connectivity index is 1.76. The molecule has 0 saturated carbocycles. The van der Waals surface area contributed by atoms with E-state index in [0.717, 1.165) is 32.0 Å². The van der Waals surface area contributed by atoms with Gasteiger partial charge in [-0.3, -0.25) is 4.79 Å². The minimum Gasteiger partial charge on any atom is -0.356 e. The number of piperidine rings is 1. The van der Waals surface area contributed by atoms with Gasteiger partial charge in [-0.05, 0) is 37.8 Å². The highest BCUT2D eigenvalue weighted by molar-refractivity contribution is 7.19. The monoisotopic (exact) mass is 434 g/mol. The van der Waals surface area contributed by atoms with E-state index < -0.39 is 17.6 Å². The van der Waals surface area contributed by atoms with Crippen molar-refractivity contribution >= 4 is 39.0 Å². The Morgan fingerprint density at radius 1 is 1.27 bits per heavy atom. The van der Waals surface area contributed by atoms with Crippen LogP contribution >= 0.6 is 11.3 Å². The standard InChI is InChI=1S/C21H21F3N4OS/c1-12-6-5-9-28(10-12)18-17-16(13(2)30-20(17)26-11-25-18)19(29)27-15-8-4-3-7-14(15)21(22,23)24/h3-4,7-8,11-12H,5-6,9-10H2,1-2H3,(H,27,29)/t12-/m1/s1. The second kappa shape index (κ2) is 7.86. The van der Waals surface area contributed by atoms with Crippen LogP contribution in [-0.4, -0.2) is 29.0 Å². The van der Waals surface area contributed by atoms with Crippen LogP contribution in [-0.2, 0) is 6.18 Å². The number of para-hydroxylation sites is 1. The summed E-state index contributed by atoms with van der Waals surface area (Å²) in [6, 6.07) is 4.98. The summed E-state index contributed by atoms with van der Waals surface area (Å²) in [5, 5.41) is 3.07. The average molecular weight is 434 g/mol. The highest BCUT2D eigenvalue weighted by Gasteiger charge is 2.34. The first-order chi connectivity index (χ1) is 14.3. The topological polar surface area (TPSA) is 58.1 Å². The molecule has 1 amide bonds. The average Bonchev–Trinajstić information content (AvgIpc) is 3.03. The highest BCUT2D eigenvalue weighted by atomic mass is 32.1. The molecule has 0 bridgehead atoms. The van der Waals surface area contributed by atoms with E-state index in [1.807, 2.05) is 0 Å². The van der Waals surface area contributed by atoms with Crippen molar-refractivity contribution in [3.8, 4) is 0 Å². The van der Waals surface area contributed by atoms with Crippen LogP contribution in [0.5, 0.6) is 0 Å². The number of alkyl halides is 3. The molecule has 1 aromatic carbocycles. The molecule has 158 valence electrons. The van der Waals surface area contributed by atoms with Gasteiger partial charge in [-0.1, -0.05) is 19.1 Å². The van der Waals surface area contributed by atoms with Crippen molar-refractivity contribution in [1.82, 2.24) is 9.97 Å². The molecule has 2 aromatic heterocycles. The van der Waals surface area contributed by atoms with Crippen LogP contribution < -0.4 is 10.2 Å². The Labute approximate surface area is 175 Å². The molecule has 0 spiro atoms. The van der Waals surface area contributed by atoms with Crippen molar-refractivity contribution in [1.29, 1.82) is 0 Å². The van der Waals surface area contributed by atoms with Crippen molar-refractivity contribution in [2.24, 2.45) is 5.92 Å². The van der Waals surface area contributed by atoms with E-state index in [9.17, 15) is 18.0 Å². The highest BCUT2D eigenvalue weighted by Crippen LogP contribution is 2.38. The summed E-state index contributed by atoms with van der Waals surface area (Å²) in [7, 11) is 0. The summed E-state index contributed by atoms with van der Waals surface area (Å²) in [4.78, 5) is 25.4. The van der Waals surface area contributed by atoms with Crippen LogP contribution in [0, 0.1) is 12.8 Å². The summed E-state index contributed by atoms with van der Waals surface area (Å²) in [6.07, 6.45) is -0.924. The molecule has 9 heteroatoms. The normalized spacial score (nSPS) is 17.4. The van der Waals surface area contributed by atoms with Gasteiger partial charge >= 0.3 is 6.18 Å². The lowest BCUT2D eigenvalue weighted by Crippen LogP contribution is -2.35. The van der Waals surface area contributed by atoms with Crippen molar-refractivity contribution < 1.29 is 18.0 Å². The molecule has 1 fully saturated rings. The van der Waals surface area contributed by atoms with Gasteiger partial charge in [-0.15, -0.1) is 11.3 Å². The lowest BCUT2D eigenvalue weighted by molar-refractivity contribution is -0.136. The number of hydrogen-bond acceptors (Lipinski definition) is 5. The maximum absolute atomic E-state index is 13.3. The van der Waals surface area contributed by atoms with Gasteiger partial charge in [0.1, 0.15) is 17.0 Å². The number of anilines is 2. The van der Waals surface area contributed by atoms with Gasteiger partial charge in [0.05, 0.1) is 22.2 Å². The maximum atomic E-state index is 13.3. The third-order valence-electron chi connectivity index (χ3n) is 5.31. The molecular weight excluding hydrogens is 413 g/mol. The van der Waals surface area contributed by atoms with Crippen molar-refractivity contribution in [2.45, 2.75) is 32.9 Å². The number of nitrogens with zero attached hydrogens (tertiary/aromatic N) is 3. The molecule has 0 aliphatic carbocycles. The lowest BCUT2D eigenvalue weighted by atomic mass is 10.00. The van der Waals surface area contributed by atoms with E-state index in [4.69, 9.17) is 0 Å². The van der Waals surface area contributed by atoms with Gasteiger partial charge < -0.3 is 10.2 Å². The molecule has 0 radical (unpaired) electrons. The van der Waals surface area contributed by atoms with Crippen LogP contribution in [0.15, 0.2) is 30.6 Å². The molecule has 1 aliphatic heterocycles. The van der Waals surface area contributed by atoms with Crippen molar-refractivity contribution in [2.75, 3.05) is 23.3 Å². The molecule has 1 atom stereocenters. The summed E-state index contributed by atoms with van der Waals surface area (Å²) in [6.45, 7) is 5.59. The molecule has 5 nitrogen and oxygen atoms in total. The molecule has 1 aliphatic rings. The Morgan fingerprint density at radius 3 is 2.77 bits per heavy atom. The Kier molecular flexibility index (Phi) is 5.40. The summed E-state index contributed by atoms with van der Waals surface area (Å²) in [5.74, 6) is 0.584. The minimum absolute atomic E-state index is 0.265. The zero-order valence-corrected chi connectivity index (χ0v) is 17.4. The van der Waals surface area contributed by atoms with E-state index in [1.165, 1.54) is 35.9 Å². The lowest BCUT2D eigenvalue weighted by Gasteiger charge is -2.32. The van der Waals surface area contributed by atoms with Gasteiger partial charge in [0, 0.05) is 18.0 Å². The fourth-order valence-electron chi connectivity index (χ4n) is 3.95. The largest absolute Gasteiger partial charge is 0.418 e. The number of nitrogens with one attached hydrogen (secondary N) is 1. The summed E-state index contributed by atoms with van der Waals surface area (Å²) >= 11 is 1.35. The second-order valence-electron chi connectivity index (χ2n) is 7.60. The first-order valence-electron chi connectivity index (χ1n) is 9.72. The Hall–Kier alpha value is -2.68. The number of aromatic nitrogens is 2. The van der Waals surface area contributed by atoms with Crippen molar-refractivity contribution in [3.63, 3.8) is 0 Å². The number of benzene rings is 1. The molecule has 3 aromatic rings. The van der Waals surface area contributed by atoms with Gasteiger partial charge in [0.2, 0.25) is 0 Å². The maximum Gasteiger partial charge on any atom is 0.418 e. The zero-order valence-electron chi connectivity index (χ0n) is 16.6. The number of hydrogen-bond donors (Lipinski definition) is 1. The molecule has 3 heterocycles. The third-order valence-corrected chi connectivity index (χ3v) is 6.32. The van der Waals surface area contributed by atoms with E-state index >= 15 is 0 Å². The second-order valence-corrected chi connectivity index (χ2v) is 8.80. The number of rotatable bonds is 3. The van der Waals surface area contributed by atoms with E-state index in [-0.39, 0.29) is 5.69 Å². The fourth-order valence-corrected chi connectivity index (χ4v) is 4.93. The number of thiophene rings is 1. The van der Waals surface area contributed by atoms with Crippen LogP contribution in [0.4, 0.5) is 24.7 Å². The number of carbonyl (C=O) groups excluding carboxylic acids is 1. The summed E-state index contributed by atoms with van der Waals surface area (Å²) in [5.41, 5.74) is -0.809. The fraction of sp³-hybridized carbons (Fsp3) is 0.381. The first kappa shape index (κ1) is 20.6. The Morgan fingerprint density at radius 2 is 2.03 bits per heavy atom. The molecule has 4 rings (SSSR count). The van der Waals surface area contributed by atoms with Crippen molar-refractivity contribution in [3.05, 3.63) is 46.6 Å². The van der Waals surface area contributed by atoms with Gasteiger partial charge in [-0.25, -0.2) is 9.97 Å². The number of aryl methyl sites for hydroxylation is 1. The third kappa shape index (κ3) is 3.86. The molecular formula is C21H21F3N4OS. The van der Waals surface area contributed by atoms with Gasteiger partial charge in [0.15, 0.2) is 0 Å². The van der Waals surface area contributed by atoms with E-state index in [1.54, 1.807) is 6.92 Å². The van der Waals surface area contributed by atoms with Gasteiger partial charge in [-0.2, -0.15) is 13.2 Å². The quantitative estimate of drug-likeness (QED) is 0.591. The first-order valence-corrected chi connectivity index (χ1v) is 10.5. The minimum atomic E-state index is -4.56. The van der Waals surface area contributed by atoms with Crippen LogP contribution in [0.1, 0.15) is 40.6 Å². The number of fused-ring (bicyclic) bond motifs is 1. The summed E-state index contributed by atoms with van der Waals surface area (Å²) < 4.78 is 40.0. The van der Waals surface area contributed by atoms with Crippen LogP contribution in [0.2, 0.25) is 0 Å². The zero-order chi connectivity index (χ0) is 21.5.